The van der Waals surface area contributed by atoms with Gasteiger partial charge in [0.15, 0.2) is 5.75 Å². The number of carbonyl (C=O) groups excluding carboxylic acids is 2. The Morgan fingerprint density at radius 3 is 2.68 bits per heavy atom. The van der Waals surface area contributed by atoms with E-state index in [0.717, 1.165) is 18.2 Å². The second kappa shape index (κ2) is 9.63. The summed E-state index contributed by atoms with van der Waals surface area (Å²) in [7, 11) is 1.57. The largest absolute Gasteiger partial charge is 0.494 e. The first-order valence-corrected chi connectivity index (χ1v) is 13.1. The maximum atomic E-state index is 15.6. The fraction of sp³-hybridized carbons (Fsp3) is 0.414. The highest BCUT2D eigenvalue weighted by Gasteiger charge is 2.47. The molecule has 2 aromatic carbocycles. The van der Waals surface area contributed by atoms with Gasteiger partial charge in [-0.1, -0.05) is 24.3 Å². The molecule has 3 heterocycles. The van der Waals surface area contributed by atoms with Gasteiger partial charge in [-0.15, -0.1) is 0 Å². The summed E-state index contributed by atoms with van der Waals surface area (Å²) >= 11 is 0. The third-order valence-electron chi connectivity index (χ3n) is 8.15. The first-order chi connectivity index (χ1) is 18.4. The van der Waals surface area contributed by atoms with E-state index in [-0.39, 0.29) is 18.1 Å². The second-order valence-corrected chi connectivity index (χ2v) is 10.5. The van der Waals surface area contributed by atoms with Crippen LogP contribution in [0.2, 0.25) is 0 Å². The number of rotatable bonds is 6. The lowest BCUT2D eigenvalue weighted by Gasteiger charge is -2.48. The Kier molecular flexibility index (Phi) is 6.28. The zero-order valence-electron chi connectivity index (χ0n) is 21.4. The van der Waals surface area contributed by atoms with Crippen LogP contribution in [-0.4, -0.2) is 71.6 Å². The number of pyridine rings is 1. The number of fused-ring (bicyclic) bond motifs is 1. The van der Waals surface area contributed by atoms with Gasteiger partial charge < -0.3 is 20.1 Å². The van der Waals surface area contributed by atoms with Gasteiger partial charge in [-0.3, -0.25) is 19.5 Å². The highest BCUT2D eigenvalue weighted by Crippen LogP contribution is 2.40. The van der Waals surface area contributed by atoms with E-state index in [4.69, 9.17) is 15.2 Å². The van der Waals surface area contributed by atoms with Gasteiger partial charge in [-0.05, 0) is 49.4 Å². The summed E-state index contributed by atoms with van der Waals surface area (Å²) < 4.78 is 27.3. The van der Waals surface area contributed by atoms with Crippen molar-refractivity contribution in [3.8, 4) is 16.9 Å². The Labute approximate surface area is 220 Å². The van der Waals surface area contributed by atoms with Crippen molar-refractivity contribution < 1.29 is 23.5 Å². The SMILES string of the molecule is COc1c(-c2ccc(C(C(N)=O)N3CCC4(CC3)CN(C3CC3)C(=O)CO4)c(F)c2)ccc2cccnc12. The molecule has 1 spiro atoms. The third kappa shape index (κ3) is 4.39. The average Bonchev–Trinajstić information content (AvgIpc) is 3.77. The molecule has 2 saturated heterocycles. The smallest absolute Gasteiger partial charge is 0.248 e. The Morgan fingerprint density at radius 2 is 2.00 bits per heavy atom. The van der Waals surface area contributed by atoms with Gasteiger partial charge in [0.2, 0.25) is 11.8 Å². The molecule has 2 aliphatic heterocycles. The number of aromatic nitrogens is 1. The van der Waals surface area contributed by atoms with Crippen LogP contribution in [0, 0.1) is 5.82 Å². The van der Waals surface area contributed by atoms with Crippen molar-refractivity contribution in [1.82, 2.24) is 14.8 Å². The van der Waals surface area contributed by atoms with Crippen molar-refractivity contribution in [2.45, 2.75) is 43.4 Å². The van der Waals surface area contributed by atoms with Crippen LogP contribution in [-0.2, 0) is 14.3 Å². The number of ether oxygens (including phenoxy) is 2. The van der Waals surface area contributed by atoms with E-state index in [2.05, 4.69) is 4.98 Å². The number of amides is 2. The van der Waals surface area contributed by atoms with E-state index < -0.39 is 23.4 Å². The third-order valence-corrected chi connectivity index (χ3v) is 8.15. The summed E-state index contributed by atoms with van der Waals surface area (Å²) in [6, 6.07) is 11.9. The van der Waals surface area contributed by atoms with Crippen LogP contribution in [0.15, 0.2) is 48.7 Å². The summed E-state index contributed by atoms with van der Waals surface area (Å²) in [6.07, 6.45) is 5.09. The summed E-state index contributed by atoms with van der Waals surface area (Å²) in [5.41, 5.74) is 7.68. The van der Waals surface area contributed by atoms with E-state index in [1.165, 1.54) is 6.07 Å². The molecular weight excluding hydrogens is 487 g/mol. The van der Waals surface area contributed by atoms with Crippen LogP contribution in [0.4, 0.5) is 4.39 Å². The number of morpholine rings is 1. The van der Waals surface area contributed by atoms with Gasteiger partial charge in [-0.2, -0.15) is 0 Å². The summed E-state index contributed by atoms with van der Waals surface area (Å²) in [6.45, 7) is 1.72. The molecule has 1 aliphatic carbocycles. The molecule has 3 fully saturated rings. The molecule has 3 aliphatic rings. The first kappa shape index (κ1) is 24.8. The number of methoxy groups -OCH3 is 1. The van der Waals surface area contributed by atoms with Gasteiger partial charge in [-0.25, -0.2) is 4.39 Å². The number of likely N-dealkylation sites (tertiary alicyclic amines) is 1. The minimum Gasteiger partial charge on any atom is -0.494 e. The van der Waals surface area contributed by atoms with Crippen molar-refractivity contribution in [3.63, 3.8) is 0 Å². The van der Waals surface area contributed by atoms with Gasteiger partial charge in [0.05, 0.1) is 19.3 Å². The fourth-order valence-electron chi connectivity index (χ4n) is 5.95. The minimum atomic E-state index is -0.897. The molecule has 3 aromatic rings. The molecule has 1 aromatic heterocycles. The molecule has 198 valence electrons. The lowest BCUT2D eigenvalue weighted by molar-refractivity contribution is -0.173. The quantitative estimate of drug-likeness (QED) is 0.537. The summed E-state index contributed by atoms with van der Waals surface area (Å²) in [4.78, 5) is 33.2. The van der Waals surface area contributed by atoms with Crippen LogP contribution in [0.3, 0.4) is 0 Å². The van der Waals surface area contributed by atoms with E-state index in [1.807, 2.05) is 34.1 Å². The lowest BCUT2D eigenvalue weighted by atomic mass is 9.87. The highest BCUT2D eigenvalue weighted by molar-refractivity contribution is 5.92. The maximum absolute atomic E-state index is 15.6. The molecule has 38 heavy (non-hydrogen) atoms. The molecule has 8 nitrogen and oxygen atoms in total. The number of halogens is 1. The number of nitrogens with zero attached hydrogens (tertiary/aromatic N) is 3. The average molecular weight is 519 g/mol. The number of hydrogen-bond donors (Lipinski definition) is 1. The molecule has 1 atom stereocenters. The topological polar surface area (TPSA) is 98.0 Å². The Morgan fingerprint density at radius 1 is 1.21 bits per heavy atom. The zero-order chi connectivity index (χ0) is 26.4. The van der Waals surface area contributed by atoms with Gasteiger partial charge in [0, 0.05) is 41.8 Å². The number of hydrogen-bond acceptors (Lipinski definition) is 6. The van der Waals surface area contributed by atoms with Crippen LogP contribution >= 0.6 is 0 Å². The minimum absolute atomic E-state index is 0.0524. The molecule has 1 saturated carbocycles. The van der Waals surface area contributed by atoms with Crippen LogP contribution in [0.25, 0.3) is 22.0 Å². The molecule has 0 bridgehead atoms. The molecular formula is C29H31FN4O4. The lowest BCUT2D eigenvalue weighted by Crippen LogP contribution is -2.60. The molecule has 2 N–H and O–H groups in total. The van der Waals surface area contributed by atoms with Crippen molar-refractivity contribution in [1.29, 1.82) is 0 Å². The number of benzene rings is 2. The van der Waals surface area contributed by atoms with E-state index in [1.54, 1.807) is 25.4 Å². The molecule has 2 amide bonds. The Balaban J connectivity index is 1.24. The molecule has 9 heteroatoms. The van der Waals surface area contributed by atoms with Crippen molar-refractivity contribution in [3.05, 3.63) is 60.0 Å². The van der Waals surface area contributed by atoms with Crippen molar-refractivity contribution in [2.24, 2.45) is 5.73 Å². The second-order valence-electron chi connectivity index (χ2n) is 10.5. The Bertz CT molecular complexity index is 1400. The number of piperidine rings is 1. The predicted molar refractivity (Wildman–Crippen MR) is 140 cm³/mol. The predicted octanol–water partition coefficient (Wildman–Crippen LogP) is 3.43. The normalized spacial score (nSPS) is 20.6. The zero-order valence-corrected chi connectivity index (χ0v) is 21.4. The summed E-state index contributed by atoms with van der Waals surface area (Å²) in [5.74, 6) is -0.487. The number of nitrogens with two attached hydrogens (primary N) is 1. The van der Waals surface area contributed by atoms with Crippen LogP contribution in [0.1, 0.15) is 37.3 Å². The van der Waals surface area contributed by atoms with E-state index in [9.17, 15) is 9.59 Å². The number of primary amides is 1. The van der Waals surface area contributed by atoms with Crippen molar-refractivity contribution >= 4 is 22.7 Å². The van der Waals surface area contributed by atoms with Crippen LogP contribution in [0.5, 0.6) is 5.75 Å². The standard InChI is InChI=1S/C29H31FN4O4/c1-37-27-21(8-4-18-3-2-12-32-25(18)27)19-5-9-22(23(30)15-19)26(28(31)36)33-13-10-29(11-14-33)17-34(20-6-7-20)24(35)16-38-29/h2-5,8-9,12,15,20,26H,6-7,10-11,13-14,16-17H2,1H3,(H2,31,36). The van der Waals surface area contributed by atoms with Gasteiger partial charge >= 0.3 is 0 Å². The van der Waals surface area contributed by atoms with Crippen LogP contribution < -0.4 is 10.5 Å². The van der Waals surface area contributed by atoms with Gasteiger partial charge in [0.25, 0.3) is 0 Å². The monoisotopic (exact) mass is 518 g/mol. The first-order valence-electron chi connectivity index (χ1n) is 13.1. The van der Waals surface area contributed by atoms with E-state index in [0.29, 0.717) is 60.9 Å². The summed E-state index contributed by atoms with van der Waals surface area (Å²) in [5, 5.41) is 0.924. The number of carbonyl (C=O) groups is 2. The highest BCUT2D eigenvalue weighted by atomic mass is 19.1. The van der Waals surface area contributed by atoms with E-state index >= 15 is 4.39 Å². The van der Waals surface area contributed by atoms with Crippen molar-refractivity contribution in [2.75, 3.05) is 33.4 Å². The fourth-order valence-corrected chi connectivity index (χ4v) is 5.95. The molecule has 1 unspecified atom stereocenters. The molecule has 0 radical (unpaired) electrons. The van der Waals surface area contributed by atoms with Gasteiger partial charge in [0.1, 0.15) is 24.0 Å². The molecule has 6 rings (SSSR count). The maximum Gasteiger partial charge on any atom is 0.248 e. The Hall–Kier alpha value is -3.56.